The number of hydrogen-bond acceptors (Lipinski definition) is 6. The van der Waals surface area contributed by atoms with Crippen LogP contribution in [0.5, 0.6) is 0 Å². The van der Waals surface area contributed by atoms with Crippen LogP contribution in [0, 0.1) is 5.92 Å². The van der Waals surface area contributed by atoms with Crippen LogP contribution in [0.2, 0.25) is 0 Å². The number of carbonyl (C=O) groups is 3. The zero-order chi connectivity index (χ0) is 44.5. The first-order valence-electron chi connectivity index (χ1n) is 27.4. The lowest BCUT2D eigenvalue weighted by Crippen LogP contribution is -2.30. The average Bonchev–Trinajstić information content (AvgIpc) is 3.24. The zero-order valence-electron chi connectivity index (χ0n) is 41.6. The quantitative estimate of drug-likeness (QED) is 0.0344. The van der Waals surface area contributed by atoms with Crippen LogP contribution in [0.25, 0.3) is 0 Å². The molecule has 362 valence electrons. The van der Waals surface area contributed by atoms with E-state index in [0.29, 0.717) is 19.3 Å². The predicted molar refractivity (Wildman–Crippen MR) is 261 cm³/mol. The molecule has 0 amide bonds. The van der Waals surface area contributed by atoms with Gasteiger partial charge in [0.2, 0.25) is 0 Å². The molecule has 6 nitrogen and oxygen atoms in total. The number of unbranched alkanes of at least 4 members (excludes halogenated alkanes) is 37. The first-order chi connectivity index (χ1) is 29.9. The first kappa shape index (κ1) is 59.4. The Morgan fingerprint density at radius 3 is 0.803 bits per heavy atom. The molecule has 0 bridgehead atoms. The molecule has 0 aliphatic heterocycles. The van der Waals surface area contributed by atoms with Crippen molar-refractivity contribution < 1.29 is 28.6 Å². The van der Waals surface area contributed by atoms with E-state index in [1.165, 1.54) is 205 Å². The van der Waals surface area contributed by atoms with Crippen molar-refractivity contribution in [3.8, 4) is 0 Å². The SMILES string of the molecule is CCCCCCCCCCCCCCCCCCCCCC(=O)OC[C@@H](COC(=O)CCCCCCCCC)OC(=O)CCCCCCCCCCCCCCCCC(C)C. The van der Waals surface area contributed by atoms with E-state index >= 15 is 0 Å². The Morgan fingerprint density at radius 1 is 0.311 bits per heavy atom. The van der Waals surface area contributed by atoms with Gasteiger partial charge >= 0.3 is 17.9 Å². The lowest BCUT2D eigenvalue weighted by atomic mass is 10.0. The summed E-state index contributed by atoms with van der Waals surface area (Å²) < 4.78 is 16.8. The van der Waals surface area contributed by atoms with Gasteiger partial charge in [-0.3, -0.25) is 14.4 Å². The molecule has 0 saturated carbocycles. The summed E-state index contributed by atoms with van der Waals surface area (Å²) in [4.78, 5) is 37.9. The third-order valence-electron chi connectivity index (χ3n) is 12.5. The van der Waals surface area contributed by atoms with Crippen LogP contribution < -0.4 is 0 Å². The molecule has 0 aromatic rings. The van der Waals surface area contributed by atoms with E-state index in [2.05, 4.69) is 27.7 Å². The van der Waals surface area contributed by atoms with Crippen LogP contribution in [-0.2, 0) is 28.6 Å². The van der Waals surface area contributed by atoms with Gasteiger partial charge in [-0.25, -0.2) is 0 Å². The number of carbonyl (C=O) groups excluding carboxylic acids is 3. The molecule has 0 aromatic carbocycles. The van der Waals surface area contributed by atoms with Gasteiger partial charge in [0.25, 0.3) is 0 Å². The van der Waals surface area contributed by atoms with Crippen molar-refractivity contribution in [1.29, 1.82) is 0 Å². The van der Waals surface area contributed by atoms with Gasteiger partial charge in [-0.05, 0) is 25.2 Å². The fraction of sp³-hybridized carbons (Fsp3) is 0.945. The van der Waals surface area contributed by atoms with Gasteiger partial charge < -0.3 is 14.2 Å². The molecular weight excluding hydrogens is 757 g/mol. The van der Waals surface area contributed by atoms with E-state index in [4.69, 9.17) is 14.2 Å². The highest BCUT2D eigenvalue weighted by atomic mass is 16.6. The summed E-state index contributed by atoms with van der Waals surface area (Å²) in [6.45, 7) is 9.01. The molecule has 0 fully saturated rings. The van der Waals surface area contributed by atoms with Crippen molar-refractivity contribution in [3.05, 3.63) is 0 Å². The Kier molecular flexibility index (Phi) is 48.1. The third kappa shape index (κ3) is 49.3. The largest absolute Gasteiger partial charge is 0.462 e. The summed E-state index contributed by atoms with van der Waals surface area (Å²) in [6.07, 6.45) is 52.5. The molecule has 6 heteroatoms. The number of esters is 3. The van der Waals surface area contributed by atoms with Crippen LogP contribution in [-0.4, -0.2) is 37.2 Å². The first-order valence-corrected chi connectivity index (χ1v) is 27.4. The molecule has 0 saturated heterocycles. The second kappa shape index (κ2) is 49.4. The smallest absolute Gasteiger partial charge is 0.306 e. The maximum Gasteiger partial charge on any atom is 0.306 e. The minimum Gasteiger partial charge on any atom is -0.462 e. The van der Waals surface area contributed by atoms with Crippen LogP contribution in [0.4, 0.5) is 0 Å². The summed E-state index contributed by atoms with van der Waals surface area (Å²) in [6, 6.07) is 0. The summed E-state index contributed by atoms with van der Waals surface area (Å²) in [5.41, 5.74) is 0. The minimum absolute atomic E-state index is 0.0628. The monoisotopic (exact) mass is 863 g/mol. The van der Waals surface area contributed by atoms with Gasteiger partial charge in [0.15, 0.2) is 6.10 Å². The van der Waals surface area contributed by atoms with Crippen LogP contribution >= 0.6 is 0 Å². The lowest BCUT2D eigenvalue weighted by molar-refractivity contribution is -0.167. The van der Waals surface area contributed by atoms with Gasteiger partial charge in [-0.15, -0.1) is 0 Å². The highest BCUT2D eigenvalue weighted by molar-refractivity contribution is 5.71. The average molecular weight is 863 g/mol. The standard InChI is InChI=1S/C55H106O6/c1-5-7-9-11-13-14-15-16-17-18-19-20-21-25-28-31-35-39-43-47-54(57)60-50-52(49-59-53(56)46-42-38-33-12-10-8-6-2)61-55(58)48-44-40-36-32-29-26-23-22-24-27-30-34-37-41-45-51(3)4/h51-52H,5-50H2,1-4H3/t52-/m1/s1. The van der Waals surface area contributed by atoms with Crippen molar-refractivity contribution >= 4 is 17.9 Å². The fourth-order valence-corrected chi connectivity index (χ4v) is 8.39. The van der Waals surface area contributed by atoms with Gasteiger partial charge in [0.05, 0.1) is 0 Å². The van der Waals surface area contributed by atoms with Gasteiger partial charge in [0, 0.05) is 19.3 Å². The Morgan fingerprint density at radius 2 is 0.541 bits per heavy atom. The molecule has 61 heavy (non-hydrogen) atoms. The molecule has 0 heterocycles. The molecule has 0 aromatic heterocycles. The summed E-state index contributed by atoms with van der Waals surface area (Å²) in [7, 11) is 0. The van der Waals surface area contributed by atoms with E-state index in [1.54, 1.807) is 0 Å². The molecule has 0 spiro atoms. The van der Waals surface area contributed by atoms with E-state index in [1.807, 2.05) is 0 Å². The van der Waals surface area contributed by atoms with E-state index < -0.39 is 6.10 Å². The molecule has 0 radical (unpaired) electrons. The van der Waals surface area contributed by atoms with Crippen LogP contribution in [0.3, 0.4) is 0 Å². The van der Waals surface area contributed by atoms with Crippen LogP contribution in [0.1, 0.15) is 310 Å². The minimum atomic E-state index is -0.760. The molecule has 0 unspecified atom stereocenters. The molecule has 0 rings (SSSR count). The Hall–Kier alpha value is -1.59. The van der Waals surface area contributed by atoms with Crippen molar-refractivity contribution in [2.75, 3.05) is 13.2 Å². The third-order valence-corrected chi connectivity index (χ3v) is 12.5. The van der Waals surface area contributed by atoms with Crippen molar-refractivity contribution in [2.45, 2.75) is 316 Å². The lowest BCUT2D eigenvalue weighted by Gasteiger charge is -2.18. The topological polar surface area (TPSA) is 78.9 Å². The number of ether oxygens (including phenoxy) is 3. The zero-order valence-corrected chi connectivity index (χ0v) is 41.6. The Bertz CT molecular complexity index is 918. The van der Waals surface area contributed by atoms with Crippen molar-refractivity contribution in [3.63, 3.8) is 0 Å². The maximum absolute atomic E-state index is 12.8. The molecule has 0 aliphatic rings. The Balaban J connectivity index is 4.15. The number of rotatable bonds is 50. The fourth-order valence-electron chi connectivity index (χ4n) is 8.39. The Labute approximate surface area is 380 Å². The van der Waals surface area contributed by atoms with Gasteiger partial charge in [-0.1, -0.05) is 272 Å². The summed E-state index contributed by atoms with van der Waals surface area (Å²) >= 11 is 0. The van der Waals surface area contributed by atoms with Crippen LogP contribution in [0.15, 0.2) is 0 Å². The maximum atomic E-state index is 12.8. The van der Waals surface area contributed by atoms with E-state index in [0.717, 1.165) is 63.7 Å². The second-order valence-electron chi connectivity index (χ2n) is 19.3. The highest BCUT2D eigenvalue weighted by Gasteiger charge is 2.19. The molecule has 0 aliphatic carbocycles. The number of hydrogen-bond donors (Lipinski definition) is 0. The van der Waals surface area contributed by atoms with Crippen molar-refractivity contribution in [1.82, 2.24) is 0 Å². The molecule has 1 atom stereocenters. The molecular formula is C55H106O6. The predicted octanol–water partition coefficient (Wildman–Crippen LogP) is 17.8. The van der Waals surface area contributed by atoms with E-state index in [9.17, 15) is 14.4 Å². The highest BCUT2D eigenvalue weighted by Crippen LogP contribution is 2.18. The van der Waals surface area contributed by atoms with Gasteiger partial charge in [-0.2, -0.15) is 0 Å². The van der Waals surface area contributed by atoms with E-state index in [-0.39, 0.29) is 31.1 Å². The second-order valence-corrected chi connectivity index (χ2v) is 19.3. The van der Waals surface area contributed by atoms with Crippen molar-refractivity contribution in [2.24, 2.45) is 5.92 Å². The summed E-state index contributed by atoms with van der Waals surface area (Å²) in [5, 5.41) is 0. The normalized spacial score (nSPS) is 12.0. The summed E-state index contributed by atoms with van der Waals surface area (Å²) in [5.74, 6) is -0.00427. The molecule has 0 N–H and O–H groups in total. The van der Waals surface area contributed by atoms with Gasteiger partial charge in [0.1, 0.15) is 13.2 Å².